The highest BCUT2D eigenvalue weighted by atomic mass is 16.5. The van der Waals surface area contributed by atoms with Crippen LogP contribution in [0.5, 0.6) is 0 Å². The third-order valence-electron chi connectivity index (χ3n) is 2.55. The number of carboxylic acids is 1. The minimum Gasteiger partial charge on any atom is -0.479 e. The van der Waals surface area contributed by atoms with Gasteiger partial charge in [0.05, 0.1) is 6.10 Å². The summed E-state index contributed by atoms with van der Waals surface area (Å²) in [5.74, 6) is -0.857. The molecule has 1 aliphatic rings. The molecule has 0 unspecified atom stereocenters. The Labute approximate surface area is 79.1 Å². The van der Waals surface area contributed by atoms with Gasteiger partial charge in [0.15, 0.2) is 6.10 Å². The van der Waals surface area contributed by atoms with Gasteiger partial charge in [-0.2, -0.15) is 0 Å². The molecule has 0 saturated heterocycles. The molecule has 0 aromatic rings. The first kappa shape index (κ1) is 10.5. The minimum absolute atomic E-state index is 0.175. The van der Waals surface area contributed by atoms with Crippen LogP contribution < -0.4 is 0 Å². The summed E-state index contributed by atoms with van der Waals surface area (Å²) in [7, 11) is 0. The zero-order valence-corrected chi connectivity index (χ0v) is 8.16. The molecule has 1 fully saturated rings. The lowest BCUT2D eigenvalue weighted by atomic mass is 10.1. The maximum atomic E-state index is 10.5. The number of carbonyl (C=O) groups is 1. The van der Waals surface area contributed by atoms with E-state index >= 15 is 0 Å². The Balaban J connectivity index is 2.29. The first-order valence-corrected chi connectivity index (χ1v) is 5.08. The molecule has 1 rings (SSSR count). The number of hydrogen-bond donors (Lipinski definition) is 1. The molecule has 0 aliphatic heterocycles. The molecule has 0 aromatic heterocycles. The van der Waals surface area contributed by atoms with Gasteiger partial charge in [0.1, 0.15) is 0 Å². The molecule has 3 nitrogen and oxygen atoms in total. The molecular formula is C10H18O3. The Bertz CT molecular complexity index is 160. The van der Waals surface area contributed by atoms with E-state index in [1.165, 1.54) is 25.7 Å². The van der Waals surface area contributed by atoms with Crippen molar-refractivity contribution < 1.29 is 14.6 Å². The third kappa shape index (κ3) is 3.77. The summed E-state index contributed by atoms with van der Waals surface area (Å²) in [5.41, 5.74) is 0. The van der Waals surface area contributed by atoms with Gasteiger partial charge in [0, 0.05) is 0 Å². The number of carboxylic acid groups (broad SMARTS) is 1. The topological polar surface area (TPSA) is 46.5 Å². The van der Waals surface area contributed by atoms with Crippen LogP contribution in [0.3, 0.4) is 0 Å². The Morgan fingerprint density at radius 3 is 2.31 bits per heavy atom. The molecule has 1 N–H and O–H groups in total. The van der Waals surface area contributed by atoms with Crippen molar-refractivity contribution in [1.29, 1.82) is 0 Å². The maximum Gasteiger partial charge on any atom is 0.332 e. The van der Waals surface area contributed by atoms with E-state index in [9.17, 15) is 4.79 Å². The second-order valence-electron chi connectivity index (χ2n) is 3.73. The lowest BCUT2D eigenvalue weighted by Crippen LogP contribution is -2.26. The fourth-order valence-electron chi connectivity index (χ4n) is 1.72. The van der Waals surface area contributed by atoms with E-state index < -0.39 is 12.1 Å². The van der Waals surface area contributed by atoms with Crippen LogP contribution >= 0.6 is 0 Å². The van der Waals surface area contributed by atoms with E-state index in [1.54, 1.807) is 6.92 Å². The highest BCUT2D eigenvalue weighted by Crippen LogP contribution is 2.20. The minimum atomic E-state index is -0.857. The smallest absolute Gasteiger partial charge is 0.332 e. The molecular weight excluding hydrogens is 168 g/mol. The van der Waals surface area contributed by atoms with Crippen LogP contribution in [0, 0.1) is 0 Å². The van der Waals surface area contributed by atoms with E-state index in [-0.39, 0.29) is 6.10 Å². The Hall–Kier alpha value is -0.570. The number of aliphatic carboxylic acids is 1. The van der Waals surface area contributed by atoms with Crippen molar-refractivity contribution in [1.82, 2.24) is 0 Å². The van der Waals surface area contributed by atoms with E-state index in [4.69, 9.17) is 9.84 Å². The van der Waals surface area contributed by atoms with Crippen molar-refractivity contribution >= 4 is 5.97 Å². The van der Waals surface area contributed by atoms with Gasteiger partial charge in [-0.05, 0) is 19.8 Å². The summed E-state index contributed by atoms with van der Waals surface area (Å²) in [6.45, 7) is 1.60. The summed E-state index contributed by atoms with van der Waals surface area (Å²) in [6, 6.07) is 0. The van der Waals surface area contributed by atoms with Crippen LogP contribution in [0.1, 0.15) is 45.4 Å². The predicted molar refractivity (Wildman–Crippen MR) is 49.7 cm³/mol. The first-order valence-electron chi connectivity index (χ1n) is 5.08. The van der Waals surface area contributed by atoms with Crippen LogP contribution in [-0.4, -0.2) is 23.3 Å². The van der Waals surface area contributed by atoms with Crippen LogP contribution in [-0.2, 0) is 9.53 Å². The maximum absolute atomic E-state index is 10.5. The number of hydrogen-bond acceptors (Lipinski definition) is 2. The van der Waals surface area contributed by atoms with E-state index in [1.807, 2.05) is 0 Å². The quantitative estimate of drug-likeness (QED) is 0.687. The average molecular weight is 186 g/mol. The van der Waals surface area contributed by atoms with Gasteiger partial charge in [0.2, 0.25) is 0 Å². The van der Waals surface area contributed by atoms with Gasteiger partial charge in [-0.15, -0.1) is 0 Å². The first-order chi connectivity index (χ1) is 6.20. The number of ether oxygens (including phenoxy) is 1. The zero-order chi connectivity index (χ0) is 9.68. The van der Waals surface area contributed by atoms with Crippen LogP contribution in [0.15, 0.2) is 0 Å². The lowest BCUT2D eigenvalue weighted by Gasteiger charge is -2.18. The van der Waals surface area contributed by atoms with Crippen LogP contribution in [0.25, 0.3) is 0 Å². The molecule has 0 heterocycles. The molecule has 0 aromatic carbocycles. The zero-order valence-electron chi connectivity index (χ0n) is 8.16. The molecule has 76 valence electrons. The van der Waals surface area contributed by atoms with Crippen molar-refractivity contribution in [2.75, 3.05) is 0 Å². The van der Waals surface area contributed by atoms with E-state index in [2.05, 4.69) is 0 Å². The molecule has 0 amide bonds. The summed E-state index contributed by atoms with van der Waals surface area (Å²) in [4.78, 5) is 10.5. The Morgan fingerprint density at radius 1 is 1.31 bits per heavy atom. The normalized spacial score (nSPS) is 22.2. The second kappa shape index (κ2) is 5.22. The molecule has 13 heavy (non-hydrogen) atoms. The van der Waals surface area contributed by atoms with Crippen LogP contribution in [0.4, 0.5) is 0 Å². The highest BCUT2D eigenvalue weighted by molar-refractivity contribution is 5.71. The summed E-state index contributed by atoms with van der Waals surface area (Å²) in [5, 5.41) is 8.66. The monoisotopic (exact) mass is 186 g/mol. The summed E-state index contributed by atoms with van der Waals surface area (Å²) < 4.78 is 5.43. The Morgan fingerprint density at radius 2 is 1.85 bits per heavy atom. The fourth-order valence-corrected chi connectivity index (χ4v) is 1.72. The summed E-state index contributed by atoms with van der Waals surface area (Å²) in [6.07, 6.45) is 6.46. The van der Waals surface area contributed by atoms with Crippen molar-refractivity contribution in [3.8, 4) is 0 Å². The van der Waals surface area contributed by atoms with Gasteiger partial charge in [0.25, 0.3) is 0 Å². The standard InChI is InChI=1S/C10H18O3/c1-8(10(11)12)13-9-6-4-2-3-5-7-9/h8-9H,2-7H2,1H3,(H,11,12)/t8-/m1/s1. The van der Waals surface area contributed by atoms with Crippen molar-refractivity contribution in [2.24, 2.45) is 0 Å². The Kier molecular flexibility index (Phi) is 4.22. The molecule has 3 heteroatoms. The summed E-state index contributed by atoms with van der Waals surface area (Å²) >= 11 is 0. The molecule has 0 spiro atoms. The SMILES string of the molecule is C[C@@H](OC1CCCCCC1)C(=O)O. The van der Waals surface area contributed by atoms with Crippen LogP contribution in [0.2, 0.25) is 0 Å². The predicted octanol–water partition coefficient (Wildman–Crippen LogP) is 2.20. The van der Waals surface area contributed by atoms with Gasteiger partial charge >= 0.3 is 5.97 Å². The van der Waals surface area contributed by atoms with Gasteiger partial charge in [-0.1, -0.05) is 25.7 Å². The third-order valence-corrected chi connectivity index (χ3v) is 2.55. The van der Waals surface area contributed by atoms with Crippen molar-refractivity contribution in [3.63, 3.8) is 0 Å². The lowest BCUT2D eigenvalue weighted by molar-refractivity contribution is -0.153. The fraction of sp³-hybridized carbons (Fsp3) is 0.900. The van der Waals surface area contributed by atoms with Gasteiger partial charge in [-0.3, -0.25) is 0 Å². The highest BCUT2D eigenvalue weighted by Gasteiger charge is 2.19. The van der Waals surface area contributed by atoms with Crippen molar-refractivity contribution in [2.45, 2.75) is 57.7 Å². The van der Waals surface area contributed by atoms with E-state index in [0.717, 1.165) is 12.8 Å². The van der Waals surface area contributed by atoms with E-state index in [0.29, 0.717) is 0 Å². The molecule has 1 saturated carbocycles. The second-order valence-corrected chi connectivity index (χ2v) is 3.73. The molecule has 0 radical (unpaired) electrons. The molecule has 1 atom stereocenters. The average Bonchev–Trinajstić information content (AvgIpc) is 2.32. The van der Waals surface area contributed by atoms with Gasteiger partial charge < -0.3 is 9.84 Å². The largest absolute Gasteiger partial charge is 0.479 e. The molecule has 0 bridgehead atoms. The number of rotatable bonds is 3. The van der Waals surface area contributed by atoms with Gasteiger partial charge in [-0.25, -0.2) is 4.79 Å². The van der Waals surface area contributed by atoms with Crippen molar-refractivity contribution in [3.05, 3.63) is 0 Å². The molecule has 1 aliphatic carbocycles.